The van der Waals surface area contributed by atoms with Crippen molar-refractivity contribution in [3.05, 3.63) is 0 Å². The molecule has 1 aliphatic rings. The second-order valence-corrected chi connectivity index (χ2v) is 2.20. The molecular formula is C3H5O2Os. The van der Waals surface area contributed by atoms with E-state index in [4.69, 9.17) is 9.47 Å². The third-order valence-electron chi connectivity index (χ3n) is 0.573. The molecule has 1 saturated heterocycles. The van der Waals surface area contributed by atoms with Gasteiger partial charge in [-0.3, -0.25) is 0 Å². The fourth-order valence-electron chi connectivity index (χ4n) is 0.324. The Bertz CT molecular complexity index is 42.1. The number of hydrogen-bond acceptors (Lipinski definition) is 2. The molecule has 0 aromatic rings. The predicted molar refractivity (Wildman–Crippen MR) is 15.7 cm³/mol. The van der Waals surface area contributed by atoms with Crippen LogP contribution in [0.25, 0.3) is 0 Å². The van der Waals surface area contributed by atoms with Crippen molar-refractivity contribution < 1.29 is 28.1 Å². The van der Waals surface area contributed by atoms with Crippen LogP contribution in [-0.4, -0.2) is 18.1 Å². The minimum absolute atomic E-state index is 0.0741. The van der Waals surface area contributed by atoms with Gasteiger partial charge in [0.1, 0.15) is 0 Å². The van der Waals surface area contributed by atoms with Crippen molar-refractivity contribution in [2.24, 2.45) is 0 Å². The average molecular weight is 263 g/mol. The van der Waals surface area contributed by atoms with Gasteiger partial charge in [0.05, 0.1) is 0 Å². The van der Waals surface area contributed by atoms with E-state index in [1.807, 2.05) is 0 Å². The second-order valence-electron chi connectivity index (χ2n) is 1.00. The molecule has 1 fully saturated rings. The molecular weight excluding hydrogens is 258 g/mol. The van der Waals surface area contributed by atoms with Gasteiger partial charge < -0.3 is 0 Å². The van der Waals surface area contributed by atoms with Crippen molar-refractivity contribution in [3.8, 4) is 0 Å². The van der Waals surface area contributed by atoms with Crippen molar-refractivity contribution in [3.63, 3.8) is 0 Å². The van der Waals surface area contributed by atoms with E-state index in [1.165, 1.54) is 0 Å². The number of hydrogen-bond donors (Lipinski definition) is 0. The average Bonchev–Trinajstić information content (AvgIpc) is 1.86. The molecule has 1 aliphatic heterocycles. The van der Waals surface area contributed by atoms with E-state index in [-0.39, 0.29) is 4.84 Å². The van der Waals surface area contributed by atoms with E-state index in [0.717, 1.165) is 13.2 Å². The number of rotatable bonds is 0. The molecule has 0 N–H and O–H groups in total. The van der Waals surface area contributed by atoms with E-state index in [0.29, 0.717) is 0 Å². The van der Waals surface area contributed by atoms with Crippen molar-refractivity contribution in [2.45, 2.75) is 4.84 Å². The van der Waals surface area contributed by atoms with E-state index in [9.17, 15) is 0 Å². The summed E-state index contributed by atoms with van der Waals surface area (Å²) in [7, 11) is 0. The van der Waals surface area contributed by atoms with Gasteiger partial charge in [-0.1, -0.05) is 0 Å². The summed E-state index contributed by atoms with van der Waals surface area (Å²) in [6, 6.07) is 0. The third-order valence-corrected chi connectivity index (χ3v) is 1.42. The molecule has 0 aliphatic carbocycles. The molecule has 1 rings (SSSR count). The van der Waals surface area contributed by atoms with Gasteiger partial charge in [0.2, 0.25) is 0 Å². The van der Waals surface area contributed by atoms with Gasteiger partial charge in [-0.15, -0.1) is 0 Å². The van der Waals surface area contributed by atoms with Gasteiger partial charge in [-0.05, 0) is 0 Å². The first-order chi connectivity index (χ1) is 2.89. The Hall–Kier alpha value is 0.556. The minimum atomic E-state index is 0.0741. The van der Waals surface area contributed by atoms with Crippen LogP contribution in [0.2, 0.25) is 0 Å². The van der Waals surface area contributed by atoms with Crippen LogP contribution in [0, 0.1) is 0 Å². The van der Waals surface area contributed by atoms with Crippen LogP contribution in [0.3, 0.4) is 0 Å². The maximum absolute atomic E-state index is 4.94. The molecule has 3 heteroatoms. The monoisotopic (exact) mass is 265 g/mol. The molecule has 0 amide bonds. The van der Waals surface area contributed by atoms with Crippen molar-refractivity contribution in [2.75, 3.05) is 13.2 Å². The van der Waals surface area contributed by atoms with Crippen LogP contribution in [0.5, 0.6) is 0 Å². The van der Waals surface area contributed by atoms with E-state index < -0.39 is 0 Å². The molecule has 0 spiro atoms. The first kappa shape index (κ1) is 4.71. The Labute approximate surface area is 46.7 Å². The van der Waals surface area contributed by atoms with Crippen LogP contribution >= 0.6 is 0 Å². The van der Waals surface area contributed by atoms with Crippen molar-refractivity contribution >= 4 is 0 Å². The Morgan fingerprint density at radius 2 is 1.83 bits per heavy atom. The molecule has 6 heavy (non-hydrogen) atoms. The summed E-state index contributed by atoms with van der Waals surface area (Å²) in [4.78, 5) is 0.0741. The first-order valence-corrected chi connectivity index (χ1v) is 3.22. The standard InChI is InChI=1S/C3H5O2.Os/c1-2-5-3-4-1;/h3H,1-2H2;. The summed E-state index contributed by atoms with van der Waals surface area (Å²) < 4.78 is 9.89. The molecule has 0 bridgehead atoms. The second kappa shape index (κ2) is 2.02. The van der Waals surface area contributed by atoms with Crippen LogP contribution in [0.4, 0.5) is 0 Å². The zero-order valence-corrected chi connectivity index (χ0v) is 5.70. The van der Waals surface area contributed by atoms with Crippen LogP contribution < -0.4 is 0 Å². The molecule has 0 aromatic carbocycles. The van der Waals surface area contributed by atoms with Gasteiger partial charge >= 0.3 is 46.1 Å². The summed E-state index contributed by atoms with van der Waals surface area (Å²) in [6.45, 7) is 1.54. The van der Waals surface area contributed by atoms with E-state index in [2.05, 4.69) is 0 Å². The molecule has 2 nitrogen and oxygen atoms in total. The molecule has 0 aromatic heterocycles. The zero-order chi connectivity index (χ0) is 4.41. The summed E-state index contributed by atoms with van der Waals surface area (Å²) in [5, 5.41) is 0. The van der Waals surface area contributed by atoms with Crippen LogP contribution in [0.1, 0.15) is 0 Å². The van der Waals surface area contributed by atoms with Crippen molar-refractivity contribution in [1.29, 1.82) is 0 Å². The fourth-order valence-corrected chi connectivity index (χ4v) is 0.923. The van der Waals surface area contributed by atoms with E-state index >= 15 is 0 Å². The Kier molecular flexibility index (Phi) is 1.59. The molecule has 0 saturated carbocycles. The third kappa shape index (κ3) is 1.01. The Morgan fingerprint density at radius 3 is 2.00 bits per heavy atom. The maximum atomic E-state index is 4.94. The Balaban J connectivity index is 2.18. The molecule has 37 valence electrons. The predicted octanol–water partition coefficient (Wildman–Crippen LogP) is -0.136. The first-order valence-electron chi connectivity index (χ1n) is 1.75. The van der Waals surface area contributed by atoms with Gasteiger partial charge in [-0.25, -0.2) is 0 Å². The van der Waals surface area contributed by atoms with Crippen molar-refractivity contribution in [1.82, 2.24) is 0 Å². The summed E-state index contributed by atoms with van der Waals surface area (Å²) in [5.41, 5.74) is 0. The van der Waals surface area contributed by atoms with Gasteiger partial charge in [-0.2, -0.15) is 0 Å². The zero-order valence-electron chi connectivity index (χ0n) is 3.16. The van der Waals surface area contributed by atoms with Gasteiger partial charge in [0.25, 0.3) is 0 Å². The molecule has 0 unspecified atom stereocenters. The summed E-state index contributed by atoms with van der Waals surface area (Å²) in [5.74, 6) is 0. The van der Waals surface area contributed by atoms with Gasteiger partial charge in [0, 0.05) is 0 Å². The molecule has 0 radical (unpaired) electrons. The van der Waals surface area contributed by atoms with Crippen LogP contribution in [0.15, 0.2) is 0 Å². The van der Waals surface area contributed by atoms with Gasteiger partial charge in [0.15, 0.2) is 0 Å². The summed E-state index contributed by atoms with van der Waals surface area (Å²) >= 11 is 1.72. The molecule has 0 atom stereocenters. The normalized spacial score (nSPS) is 25.5. The van der Waals surface area contributed by atoms with Crippen LogP contribution in [-0.2, 0) is 28.1 Å². The number of ether oxygens (including phenoxy) is 2. The SMILES string of the molecule is [Os][CH]1OCCO1. The van der Waals surface area contributed by atoms with E-state index in [1.54, 1.807) is 18.6 Å². The Morgan fingerprint density at radius 1 is 1.33 bits per heavy atom. The topological polar surface area (TPSA) is 18.5 Å². The molecule has 1 heterocycles. The fraction of sp³-hybridized carbons (Fsp3) is 1.00. The quantitative estimate of drug-likeness (QED) is 0.606. The summed E-state index contributed by atoms with van der Waals surface area (Å²) in [6.07, 6.45) is 0.